The fraction of sp³-hybridized carbons (Fsp3) is 0.143. The van der Waals surface area contributed by atoms with Crippen molar-refractivity contribution in [3.05, 3.63) is 112 Å². The molecule has 7 heteroatoms. The Bertz CT molecular complexity index is 1580. The summed E-state index contributed by atoms with van der Waals surface area (Å²) in [7, 11) is 0. The quantitative estimate of drug-likeness (QED) is 0.400. The van der Waals surface area contributed by atoms with Crippen molar-refractivity contribution in [1.82, 2.24) is 19.3 Å². The number of hydrogen-bond donors (Lipinski definition) is 0. The molecule has 0 saturated heterocycles. The fourth-order valence-corrected chi connectivity index (χ4v) is 4.70. The summed E-state index contributed by atoms with van der Waals surface area (Å²) in [5, 5.41) is 4.76. The number of para-hydroxylation sites is 2. The van der Waals surface area contributed by atoms with Gasteiger partial charge in [-0.3, -0.25) is 19.1 Å². The zero-order valence-corrected chi connectivity index (χ0v) is 19.3. The van der Waals surface area contributed by atoms with Gasteiger partial charge in [-0.05, 0) is 55.2 Å². The Morgan fingerprint density at radius 2 is 1.51 bits per heavy atom. The molecule has 0 N–H and O–H groups in total. The van der Waals surface area contributed by atoms with Crippen LogP contribution in [0.5, 0.6) is 0 Å². The first-order valence-corrected chi connectivity index (χ1v) is 11.6. The van der Waals surface area contributed by atoms with E-state index in [0.29, 0.717) is 11.0 Å². The average Bonchev–Trinajstić information content (AvgIpc) is 3.23. The van der Waals surface area contributed by atoms with Gasteiger partial charge in [0.2, 0.25) is 0 Å². The fourth-order valence-electron chi connectivity index (χ4n) is 4.70. The van der Waals surface area contributed by atoms with Crippen molar-refractivity contribution >= 4 is 28.3 Å². The third kappa shape index (κ3) is 3.61. The van der Waals surface area contributed by atoms with Crippen molar-refractivity contribution in [1.29, 1.82) is 0 Å². The monoisotopic (exact) mass is 461 g/mol. The zero-order valence-electron chi connectivity index (χ0n) is 19.3. The number of rotatable bonds is 3. The van der Waals surface area contributed by atoms with Crippen LogP contribution < -0.4 is 10.5 Å². The first-order valence-electron chi connectivity index (χ1n) is 11.6. The number of aryl methyl sites for hydroxylation is 3. The maximum absolute atomic E-state index is 13.7. The summed E-state index contributed by atoms with van der Waals surface area (Å²) in [6.07, 6.45) is 4.65. The Morgan fingerprint density at radius 3 is 2.17 bits per heavy atom. The molecule has 1 aliphatic rings. The molecule has 0 saturated carbocycles. The summed E-state index contributed by atoms with van der Waals surface area (Å²) < 4.78 is 3.01. The lowest BCUT2D eigenvalue weighted by molar-refractivity contribution is -0.118. The number of carbonyl (C=O) groups excluding carboxylic acids is 1. The zero-order chi connectivity index (χ0) is 23.9. The molecule has 172 valence electrons. The molecule has 1 aliphatic heterocycles. The third-order valence-electron chi connectivity index (χ3n) is 6.52. The van der Waals surface area contributed by atoms with Crippen molar-refractivity contribution in [2.75, 3.05) is 4.90 Å². The summed E-state index contributed by atoms with van der Waals surface area (Å²) in [6, 6.07) is 23.7. The highest BCUT2D eigenvalue weighted by Gasteiger charge is 2.26. The number of aromatic nitrogens is 4. The van der Waals surface area contributed by atoms with Crippen molar-refractivity contribution in [3.8, 4) is 5.69 Å². The second-order valence-corrected chi connectivity index (χ2v) is 8.79. The molecular weight excluding hydrogens is 438 g/mol. The predicted molar refractivity (Wildman–Crippen MR) is 135 cm³/mol. The molecule has 0 unspecified atom stereocenters. The van der Waals surface area contributed by atoms with E-state index >= 15 is 0 Å². The number of anilines is 2. The van der Waals surface area contributed by atoms with Crippen LogP contribution in [0.3, 0.4) is 0 Å². The SMILES string of the molecule is Cc1ccc(-n2ncc3c(=O)n(CC(=O)N4c5ccccc5CCc5ccccc54)cnc32)cc1. The standard InChI is InChI=1S/C28H23N5O2/c1-19-10-14-22(15-11-19)33-27-23(16-30-33)28(35)31(18-29-27)17-26(34)32-24-8-4-2-6-20(24)12-13-21-7-3-5-9-25(21)32/h2-11,14-16,18H,12-13,17H2,1H3. The normalized spacial score (nSPS) is 12.8. The molecule has 5 aromatic rings. The highest BCUT2D eigenvalue weighted by molar-refractivity contribution is 6.02. The first-order chi connectivity index (χ1) is 17.1. The van der Waals surface area contributed by atoms with Crippen LogP contribution in [0.1, 0.15) is 16.7 Å². The lowest BCUT2D eigenvalue weighted by Crippen LogP contribution is -2.34. The molecule has 0 radical (unpaired) electrons. The second kappa shape index (κ2) is 8.36. The van der Waals surface area contributed by atoms with Gasteiger partial charge in [0.1, 0.15) is 18.3 Å². The van der Waals surface area contributed by atoms with Crippen molar-refractivity contribution < 1.29 is 4.79 Å². The van der Waals surface area contributed by atoms with Crippen molar-refractivity contribution in [2.45, 2.75) is 26.3 Å². The molecule has 1 amide bonds. The molecule has 0 spiro atoms. The van der Waals surface area contributed by atoms with Crippen molar-refractivity contribution in [2.24, 2.45) is 0 Å². The molecule has 0 bridgehead atoms. The molecule has 3 heterocycles. The Morgan fingerprint density at radius 1 is 0.886 bits per heavy atom. The lowest BCUT2D eigenvalue weighted by atomic mass is 10.0. The highest BCUT2D eigenvalue weighted by atomic mass is 16.2. The summed E-state index contributed by atoms with van der Waals surface area (Å²) >= 11 is 0. The molecule has 3 aromatic carbocycles. The van der Waals surface area contributed by atoms with E-state index in [9.17, 15) is 9.59 Å². The van der Waals surface area contributed by atoms with Gasteiger partial charge in [0.05, 0.1) is 23.3 Å². The molecule has 35 heavy (non-hydrogen) atoms. The lowest BCUT2D eigenvalue weighted by Gasteiger charge is -2.25. The number of nitrogens with zero attached hydrogens (tertiary/aromatic N) is 5. The highest BCUT2D eigenvalue weighted by Crippen LogP contribution is 2.36. The third-order valence-corrected chi connectivity index (χ3v) is 6.52. The summed E-state index contributed by atoms with van der Waals surface area (Å²) in [5.41, 5.74) is 6.06. The van der Waals surface area contributed by atoms with Crippen LogP contribution in [0, 0.1) is 6.92 Å². The van der Waals surface area contributed by atoms with E-state index < -0.39 is 0 Å². The van der Waals surface area contributed by atoms with E-state index in [-0.39, 0.29) is 18.0 Å². The van der Waals surface area contributed by atoms with E-state index in [1.807, 2.05) is 67.6 Å². The van der Waals surface area contributed by atoms with Crippen LogP contribution in [0.2, 0.25) is 0 Å². The van der Waals surface area contributed by atoms with Gasteiger partial charge < -0.3 is 0 Å². The Balaban J connectivity index is 1.39. The minimum absolute atomic E-state index is 0.125. The number of amides is 1. The molecule has 7 nitrogen and oxygen atoms in total. The molecular formula is C28H23N5O2. The summed E-state index contributed by atoms with van der Waals surface area (Å²) in [4.78, 5) is 33.3. The minimum atomic E-state index is -0.293. The molecule has 6 rings (SSSR count). The van der Waals surface area contributed by atoms with Gasteiger partial charge in [-0.25, -0.2) is 9.67 Å². The van der Waals surface area contributed by atoms with Gasteiger partial charge >= 0.3 is 0 Å². The number of hydrogen-bond acceptors (Lipinski definition) is 4. The largest absolute Gasteiger partial charge is 0.289 e. The summed E-state index contributed by atoms with van der Waals surface area (Å²) in [6.45, 7) is 1.89. The van der Waals surface area contributed by atoms with Crippen LogP contribution in [0.4, 0.5) is 11.4 Å². The Kier molecular flexibility index (Phi) is 5.03. The number of benzene rings is 3. The van der Waals surface area contributed by atoms with Gasteiger partial charge in [0.15, 0.2) is 5.65 Å². The summed E-state index contributed by atoms with van der Waals surface area (Å²) in [5.74, 6) is -0.194. The van der Waals surface area contributed by atoms with E-state index in [0.717, 1.165) is 46.6 Å². The van der Waals surface area contributed by atoms with Gasteiger partial charge in [-0.2, -0.15) is 5.10 Å². The van der Waals surface area contributed by atoms with E-state index in [4.69, 9.17) is 0 Å². The van der Waals surface area contributed by atoms with Crippen molar-refractivity contribution in [3.63, 3.8) is 0 Å². The topological polar surface area (TPSA) is 73.0 Å². The number of carbonyl (C=O) groups is 1. The van der Waals surface area contributed by atoms with Crippen LogP contribution in [0.25, 0.3) is 16.7 Å². The maximum atomic E-state index is 13.7. The Hall–Kier alpha value is -4.52. The van der Waals surface area contributed by atoms with Crippen LogP contribution in [-0.2, 0) is 24.2 Å². The molecule has 0 atom stereocenters. The van der Waals surface area contributed by atoms with Gasteiger partial charge in [0, 0.05) is 0 Å². The maximum Gasteiger partial charge on any atom is 0.264 e. The van der Waals surface area contributed by atoms with E-state index in [1.54, 1.807) is 9.58 Å². The van der Waals surface area contributed by atoms with Gasteiger partial charge in [-0.15, -0.1) is 0 Å². The van der Waals surface area contributed by atoms with Gasteiger partial charge in [-0.1, -0.05) is 54.1 Å². The minimum Gasteiger partial charge on any atom is -0.289 e. The van der Waals surface area contributed by atoms with Crippen LogP contribution in [0.15, 0.2) is 90.1 Å². The molecule has 0 aliphatic carbocycles. The second-order valence-electron chi connectivity index (χ2n) is 8.79. The van der Waals surface area contributed by atoms with Crippen LogP contribution >= 0.6 is 0 Å². The molecule has 2 aromatic heterocycles. The molecule has 0 fully saturated rings. The van der Waals surface area contributed by atoms with Crippen LogP contribution in [-0.4, -0.2) is 25.2 Å². The smallest absolute Gasteiger partial charge is 0.264 e. The Labute approximate surface area is 201 Å². The average molecular weight is 462 g/mol. The first kappa shape index (κ1) is 21.0. The van der Waals surface area contributed by atoms with E-state index in [2.05, 4.69) is 22.2 Å². The van der Waals surface area contributed by atoms with E-state index in [1.165, 1.54) is 17.1 Å². The predicted octanol–water partition coefficient (Wildman–Crippen LogP) is 4.35. The number of fused-ring (bicyclic) bond motifs is 3. The van der Waals surface area contributed by atoms with Gasteiger partial charge in [0.25, 0.3) is 11.5 Å².